The van der Waals surface area contributed by atoms with Crippen molar-refractivity contribution in [1.82, 2.24) is 4.90 Å². The van der Waals surface area contributed by atoms with Crippen LogP contribution in [-0.4, -0.2) is 23.4 Å². The van der Waals surface area contributed by atoms with Gasteiger partial charge in [-0.3, -0.25) is 9.69 Å². The molecule has 4 rings (SSSR count). The van der Waals surface area contributed by atoms with Crippen molar-refractivity contribution in [2.45, 2.75) is 32.9 Å². The Morgan fingerprint density at radius 2 is 2.04 bits per heavy atom. The molecule has 5 heteroatoms. The molecule has 1 aliphatic heterocycles. The highest BCUT2D eigenvalue weighted by atomic mass is 19.1. The van der Waals surface area contributed by atoms with E-state index in [4.69, 9.17) is 10.2 Å². The molecule has 0 unspecified atom stereocenters. The van der Waals surface area contributed by atoms with Crippen LogP contribution >= 0.6 is 0 Å². The Kier molecular flexibility index (Phi) is 4.27. The third-order valence-corrected chi connectivity index (χ3v) is 5.25. The molecule has 2 heterocycles. The van der Waals surface area contributed by atoms with E-state index < -0.39 is 0 Å². The Balaban J connectivity index is 1.62. The van der Waals surface area contributed by atoms with Gasteiger partial charge in [-0.15, -0.1) is 0 Å². The van der Waals surface area contributed by atoms with Crippen molar-refractivity contribution in [3.8, 4) is 11.3 Å². The maximum absolute atomic E-state index is 14.0. The lowest BCUT2D eigenvalue weighted by molar-refractivity contribution is -0.122. The van der Waals surface area contributed by atoms with Crippen LogP contribution in [-0.2, 0) is 11.3 Å². The number of benzene rings is 2. The molecule has 4 nitrogen and oxygen atoms in total. The third-order valence-electron chi connectivity index (χ3n) is 5.25. The molecule has 0 radical (unpaired) electrons. The van der Waals surface area contributed by atoms with Gasteiger partial charge in [-0.25, -0.2) is 4.39 Å². The van der Waals surface area contributed by atoms with Crippen molar-refractivity contribution in [3.05, 3.63) is 59.9 Å². The van der Waals surface area contributed by atoms with Gasteiger partial charge in [0.1, 0.15) is 17.2 Å². The van der Waals surface area contributed by atoms with E-state index in [0.29, 0.717) is 23.5 Å². The van der Waals surface area contributed by atoms with Crippen molar-refractivity contribution in [3.63, 3.8) is 0 Å². The zero-order valence-corrected chi connectivity index (χ0v) is 15.5. The Morgan fingerprint density at radius 1 is 1.26 bits per heavy atom. The molecule has 1 fully saturated rings. The normalized spacial score (nSPS) is 19.6. The number of amides is 1. The van der Waals surface area contributed by atoms with E-state index in [1.807, 2.05) is 24.3 Å². The van der Waals surface area contributed by atoms with E-state index in [1.165, 1.54) is 6.07 Å². The number of rotatable bonds is 4. The first-order valence-electron chi connectivity index (χ1n) is 9.13. The Morgan fingerprint density at radius 3 is 2.78 bits per heavy atom. The molecule has 27 heavy (non-hydrogen) atoms. The van der Waals surface area contributed by atoms with Crippen LogP contribution in [0, 0.1) is 11.2 Å². The molecular formula is C22H23FN2O2. The topological polar surface area (TPSA) is 59.5 Å². The lowest BCUT2D eigenvalue weighted by Crippen LogP contribution is -2.39. The molecule has 1 amide bonds. The van der Waals surface area contributed by atoms with Gasteiger partial charge in [0.2, 0.25) is 5.91 Å². The van der Waals surface area contributed by atoms with Crippen LogP contribution in [0.2, 0.25) is 0 Å². The summed E-state index contributed by atoms with van der Waals surface area (Å²) in [5.74, 6) is -0.0650. The number of fused-ring (bicyclic) bond motifs is 1. The molecule has 1 aliphatic rings. The van der Waals surface area contributed by atoms with E-state index in [9.17, 15) is 9.18 Å². The average Bonchev–Trinajstić information content (AvgIpc) is 3.15. The standard InChI is InChI=1S/C22H23FN2O2/c1-22(2)11-18(21(24)26)25(13-22)12-14-7-8-19-15(9-14)10-20(27-19)16-5-3-4-6-17(16)23/h3-10,18H,11-13H2,1-2H3,(H2,24,26)/t18-/m0/s1. The molecule has 0 bridgehead atoms. The molecule has 0 aliphatic carbocycles. The van der Waals surface area contributed by atoms with E-state index in [1.54, 1.807) is 18.2 Å². The highest BCUT2D eigenvalue weighted by molar-refractivity contribution is 5.83. The second-order valence-electron chi connectivity index (χ2n) is 8.15. The van der Waals surface area contributed by atoms with Gasteiger partial charge < -0.3 is 10.2 Å². The van der Waals surface area contributed by atoms with Crippen LogP contribution in [0.25, 0.3) is 22.3 Å². The molecule has 0 saturated carbocycles. The van der Waals surface area contributed by atoms with Gasteiger partial charge in [-0.05, 0) is 47.7 Å². The summed E-state index contributed by atoms with van der Waals surface area (Å²) in [4.78, 5) is 14.0. The molecule has 3 aromatic rings. The Labute approximate surface area is 157 Å². The fourth-order valence-corrected chi connectivity index (χ4v) is 4.04. The Bertz CT molecular complexity index is 1010. The van der Waals surface area contributed by atoms with Crippen LogP contribution in [0.4, 0.5) is 4.39 Å². The van der Waals surface area contributed by atoms with E-state index in [0.717, 1.165) is 23.9 Å². The summed E-state index contributed by atoms with van der Waals surface area (Å²) in [6.45, 7) is 5.78. The molecule has 0 spiro atoms. The smallest absolute Gasteiger partial charge is 0.234 e. The van der Waals surface area contributed by atoms with Crippen molar-refractivity contribution in [2.24, 2.45) is 11.1 Å². The molecular weight excluding hydrogens is 343 g/mol. The zero-order chi connectivity index (χ0) is 19.2. The number of furan rings is 1. The largest absolute Gasteiger partial charge is 0.456 e. The number of nitrogens with two attached hydrogens (primary N) is 1. The third kappa shape index (κ3) is 3.47. The van der Waals surface area contributed by atoms with Gasteiger partial charge >= 0.3 is 0 Å². The lowest BCUT2D eigenvalue weighted by atomic mass is 9.90. The summed E-state index contributed by atoms with van der Waals surface area (Å²) in [7, 11) is 0. The molecule has 2 N–H and O–H groups in total. The SMILES string of the molecule is CC1(C)C[C@@H](C(N)=O)N(Cc2ccc3oc(-c4ccccc4F)cc3c2)C1. The van der Waals surface area contributed by atoms with Crippen molar-refractivity contribution in [1.29, 1.82) is 0 Å². The van der Waals surface area contributed by atoms with Gasteiger partial charge in [0.25, 0.3) is 0 Å². The average molecular weight is 366 g/mol. The van der Waals surface area contributed by atoms with Gasteiger partial charge in [-0.2, -0.15) is 0 Å². The maximum atomic E-state index is 14.0. The van der Waals surface area contributed by atoms with Gasteiger partial charge in [0.15, 0.2) is 0 Å². The first kappa shape index (κ1) is 17.7. The number of primary amides is 1. The van der Waals surface area contributed by atoms with Crippen molar-refractivity contribution < 1.29 is 13.6 Å². The van der Waals surface area contributed by atoms with E-state index >= 15 is 0 Å². The first-order chi connectivity index (χ1) is 12.8. The van der Waals surface area contributed by atoms with Crippen LogP contribution < -0.4 is 5.73 Å². The summed E-state index contributed by atoms with van der Waals surface area (Å²) >= 11 is 0. The number of hydrogen-bond acceptors (Lipinski definition) is 3. The number of carbonyl (C=O) groups is 1. The van der Waals surface area contributed by atoms with Gasteiger partial charge in [-0.1, -0.05) is 32.0 Å². The number of halogens is 1. The van der Waals surface area contributed by atoms with Crippen LogP contribution in [0.5, 0.6) is 0 Å². The second kappa shape index (κ2) is 6.50. The van der Waals surface area contributed by atoms with E-state index in [2.05, 4.69) is 18.7 Å². The highest BCUT2D eigenvalue weighted by Gasteiger charge is 2.40. The minimum atomic E-state index is -0.305. The zero-order valence-electron chi connectivity index (χ0n) is 15.5. The molecule has 1 saturated heterocycles. The summed E-state index contributed by atoms with van der Waals surface area (Å²) in [5.41, 5.74) is 7.91. The van der Waals surface area contributed by atoms with E-state index in [-0.39, 0.29) is 23.2 Å². The minimum absolute atomic E-state index is 0.0669. The number of nitrogens with zero attached hydrogens (tertiary/aromatic N) is 1. The van der Waals surface area contributed by atoms with Crippen LogP contribution in [0.3, 0.4) is 0 Å². The maximum Gasteiger partial charge on any atom is 0.234 e. The molecule has 1 atom stereocenters. The predicted molar refractivity (Wildman–Crippen MR) is 103 cm³/mol. The summed E-state index contributed by atoms with van der Waals surface area (Å²) in [5, 5.41) is 0.917. The number of carbonyl (C=O) groups excluding carboxylic acids is 1. The van der Waals surface area contributed by atoms with Crippen molar-refractivity contribution >= 4 is 16.9 Å². The highest BCUT2D eigenvalue weighted by Crippen LogP contribution is 2.35. The quantitative estimate of drug-likeness (QED) is 0.748. The van der Waals surface area contributed by atoms with Crippen LogP contribution in [0.15, 0.2) is 52.9 Å². The molecule has 1 aromatic heterocycles. The van der Waals surface area contributed by atoms with Crippen LogP contribution in [0.1, 0.15) is 25.8 Å². The minimum Gasteiger partial charge on any atom is -0.456 e. The van der Waals surface area contributed by atoms with Crippen molar-refractivity contribution in [2.75, 3.05) is 6.54 Å². The number of likely N-dealkylation sites (tertiary alicyclic amines) is 1. The summed E-state index contributed by atoms with van der Waals surface area (Å²) in [6.07, 6.45) is 0.772. The predicted octanol–water partition coefficient (Wildman–Crippen LogP) is 4.32. The van der Waals surface area contributed by atoms with Gasteiger partial charge in [0, 0.05) is 18.5 Å². The fourth-order valence-electron chi connectivity index (χ4n) is 4.04. The Hall–Kier alpha value is -2.66. The van der Waals surface area contributed by atoms with Gasteiger partial charge in [0.05, 0.1) is 11.6 Å². The lowest BCUT2D eigenvalue weighted by Gasteiger charge is -2.22. The second-order valence-corrected chi connectivity index (χ2v) is 8.15. The molecule has 140 valence electrons. The number of hydrogen-bond donors (Lipinski definition) is 1. The molecule has 2 aromatic carbocycles. The summed E-state index contributed by atoms with van der Waals surface area (Å²) in [6, 6.07) is 14.1. The first-order valence-corrected chi connectivity index (χ1v) is 9.13. The fraction of sp³-hybridized carbons (Fsp3) is 0.318. The summed E-state index contributed by atoms with van der Waals surface area (Å²) < 4.78 is 19.9. The monoisotopic (exact) mass is 366 g/mol.